The van der Waals surface area contributed by atoms with Crippen LogP contribution in [0.15, 0.2) is 72.8 Å². The summed E-state index contributed by atoms with van der Waals surface area (Å²) < 4.78 is 4.92. The van der Waals surface area contributed by atoms with Crippen LogP contribution in [0.4, 0.5) is 4.79 Å². The van der Waals surface area contributed by atoms with Crippen molar-refractivity contribution in [1.82, 2.24) is 10.6 Å². The van der Waals surface area contributed by atoms with Gasteiger partial charge in [0.2, 0.25) is 11.8 Å². The maximum absolute atomic E-state index is 13.6. The molecule has 0 aliphatic rings. The molecule has 0 bridgehead atoms. The van der Waals surface area contributed by atoms with Crippen molar-refractivity contribution >= 4 is 40.6 Å². The predicted molar refractivity (Wildman–Crippen MR) is 169 cm³/mol. The number of carbonyl (C=O) groups excluding carboxylic acids is 5. The van der Waals surface area contributed by atoms with Gasteiger partial charge in [0, 0.05) is 36.6 Å². The first-order valence-electron chi connectivity index (χ1n) is 14.5. The van der Waals surface area contributed by atoms with Gasteiger partial charge >= 0.3 is 5.97 Å². The predicted octanol–water partition coefficient (Wildman–Crippen LogP) is 4.73. The summed E-state index contributed by atoms with van der Waals surface area (Å²) >= 11 is 1.09. The van der Waals surface area contributed by atoms with Gasteiger partial charge in [-0.25, -0.2) is 4.79 Å². The summed E-state index contributed by atoms with van der Waals surface area (Å²) in [7, 11) is 0. The highest BCUT2D eigenvalue weighted by molar-refractivity contribution is 8.12. The molecule has 3 amide bonds. The summed E-state index contributed by atoms with van der Waals surface area (Å²) in [6, 6.07) is 17.5. The van der Waals surface area contributed by atoms with Crippen LogP contribution in [-0.4, -0.2) is 47.5 Å². The van der Waals surface area contributed by atoms with E-state index in [1.54, 1.807) is 6.92 Å². The average Bonchev–Trinajstić information content (AvgIpc) is 2.97. The van der Waals surface area contributed by atoms with E-state index in [1.165, 1.54) is 12.2 Å². The van der Waals surface area contributed by atoms with E-state index in [1.807, 2.05) is 74.5 Å². The van der Waals surface area contributed by atoms with Gasteiger partial charge in [-0.05, 0) is 43.2 Å². The normalized spacial score (nSPS) is 13.2. The van der Waals surface area contributed by atoms with E-state index >= 15 is 0 Å². The number of hydrogen-bond donors (Lipinski definition) is 3. The van der Waals surface area contributed by atoms with Crippen molar-refractivity contribution in [2.75, 3.05) is 6.61 Å². The highest BCUT2D eigenvalue weighted by atomic mass is 32.2. The van der Waals surface area contributed by atoms with Crippen LogP contribution in [0.5, 0.6) is 0 Å². The molecule has 232 valence electrons. The van der Waals surface area contributed by atoms with E-state index in [2.05, 4.69) is 10.6 Å². The molecule has 0 aromatic heterocycles. The molecule has 0 saturated carbocycles. The molecule has 2 rings (SSSR count). The van der Waals surface area contributed by atoms with Crippen LogP contribution in [0, 0.1) is 11.8 Å². The van der Waals surface area contributed by atoms with Gasteiger partial charge in [-0.2, -0.15) is 0 Å². The first-order valence-corrected chi connectivity index (χ1v) is 15.5. The highest BCUT2D eigenvalue weighted by Gasteiger charge is 2.29. The van der Waals surface area contributed by atoms with E-state index in [4.69, 9.17) is 10.5 Å². The number of benzene rings is 2. The minimum Gasteiger partial charge on any atom is -0.463 e. The van der Waals surface area contributed by atoms with Crippen molar-refractivity contribution in [1.29, 1.82) is 0 Å². The van der Waals surface area contributed by atoms with E-state index in [9.17, 15) is 24.0 Å². The molecule has 0 fully saturated rings. The third-order valence-electron chi connectivity index (χ3n) is 6.52. The molecule has 0 unspecified atom stereocenters. The van der Waals surface area contributed by atoms with Crippen LogP contribution in [-0.2, 0) is 36.1 Å². The first kappa shape index (κ1) is 35.3. The van der Waals surface area contributed by atoms with Crippen LogP contribution in [0.1, 0.15) is 57.6 Å². The average molecular weight is 610 g/mol. The zero-order chi connectivity index (χ0) is 31.6. The van der Waals surface area contributed by atoms with Gasteiger partial charge in [0.25, 0.3) is 5.24 Å². The van der Waals surface area contributed by atoms with Gasteiger partial charge in [-0.1, -0.05) is 92.3 Å². The van der Waals surface area contributed by atoms with Gasteiger partial charge in [-0.3, -0.25) is 19.2 Å². The summed E-state index contributed by atoms with van der Waals surface area (Å²) in [5.74, 6) is -1.93. The van der Waals surface area contributed by atoms with Crippen LogP contribution < -0.4 is 16.4 Å². The lowest BCUT2D eigenvalue weighted by atomic mass is 9.89. The summed E-state index contributed by atoms with van der Waals surface area (Å²) in [6.45, 7) is 5.82. The van der Waals surface area contributed by atoms with Gasteiger partial charge in [-0.15, -0.1) is 0 Å². The quantitative estimate of drug-likeness (QED) is 0.164. The number of thioether (sulfide) groups is 1. The molecule has 43 heavy (non-hydrogen) atoms. The molecule has 3 atom stereocenters. The first-order chi connectivity index (χ1) is 20.6. The largest absolute Gasteiger partial charge is 0.463 e. The van der Waals surface area contributed by atoms with Crippen LogP contribution >= 0.6 is 11.8 Å². The molecule has 4 N–H and O–H groups in total. The van der Waals surface area contributed by atoms with Gasteiger partial charge in [0.15, 0.2) is 5.78 Å². The Morgan fingerprint density at radius 1 is 0.930 bits per heavy atom. The zero-order valence-corrected chi connectivity index (χ0v) is 25.9. The van der Waals surface area contributed by atoms with Crippen molar-refractivity contribution in [2.24, 2.45) is 17.6 Å². The molecule has 0 aliphatic carbocycles. The van der Waals surface area contributed by atoms with Crippen molar-refractivity contribution in [3.63, 3.8) is 0 Å². The highest BCUT2D eigenvalue weighted by Crippen LogP contribution is 2.19. The van der Waals surface area contributed by atoms with Crippen molar-refractivity contribution in [3.05, 3.63) is 83.9 Å². The summed E-state index contributed by atoms with van der Waals surface area (Å²) in [5, 5.41) is 5.44. The number of nitrogens with one attached hydrogen (secondary N) is 2. The monoisotopic (exact) mass is 609 g/mol. The lowest BCUT2D eigenvalue weighted by Crippen LogP contribution is -2.44. The smallest absolute Gasteiger partial charge is 0.330 e. The molecular formula is C33H43N3O6S. The topological polar surface area (TPSA) is 145 Å². The zero-order valence-electron chi connectivity index (χ0n) is 25.1. The second kappa shape index (κ2) is 19.3. The summed E-state index contributed by atoms with van der Waals surface area (Å²) in [5.41, 5.74) is 7.19. The lowest BCUT2D eigenvalue weighted by Gasteiger charge is -2.24. The number of rotatable bonds is 18. The van der Waals surface area contributed by atoms with E-state index in [0.29, 0.717) is 12.2 Å². The third kappa shape index (κ3) is 14.7. The second-order valence-electron chi connectivity index (χ2n) is 10.7. The molecule has 0 aliphatic heterocycles. The third-order valence-corrected chi connectivity index (χ3v) is 7.38. The number of nitrogens with two attached hydrogens (primary N) is 1. The van der Waals surface area contributed by atoms with Gasteiger partial charge in [0.1, 0.15) is 0 Å². The molecule has 9 nitrogen and oxygen atoms in total. The van der Waals surface area contributed by atoms with Gasteiger partial charge in [0.05, 0.1) is 12.6 Å². The van der Waals surface area contributed by atoms with Crippen molar-refractivity contribution < 1.29 is 28.7 Å². The molecule has 0 radical (unpaired) electrons. The lowest BCUT2D eigenvalue weighted by molar-refractivity contribution is -0.137. The number of hydrogen-bond acceptors (Lipinski definition) is 7. The Bertz CT molecular complexity index is 1220. The molecule has 2 aromatic carbocycles. The Morgan fingerprint density at radius 2 is 1.56 bits per heavy atom. The Morgan fingerprint density at radius 3 is 2.14 bits per heavy atom. The Balaban J connectivity index is 2.20. The standard InChI is InChI=1S/C33H43N3O6S/c1-4-42-31(39)18-16-27(15-17-30(34)38)35-32(40)26(20-24-11-7-5-8-12-24)21-29(37)28(19-23(2)3)36-33(41)43-22-25-13-9-6-10-14-25/h5-14,16,18,23,26-28H,4,15,17,19-22H2,1-3H3,(H2,34,38)(H,35,40)(H,36,41)/b18-16+/t26-,27+,28+/m1/s1. The molecule has 0 spiro atoms. The van der Waals surface area contributed by atoms with Crippen molar-refractivity contribution in [3.8, 4) is 0 Å². The fourth-order valence-corrected chi connectivity index (χ4v) is 5.11. The van der Waals surface area contributed by atoms with E-state index in [0.717, 1.165) is 22.9 Å². The molecule has 2 aromatic rings. The molecule has 0 heterocycles. The number of esters is 1. The Hall–Kier alpha value is -3.92. The van der Waals surface area contributed by atoms with Crippen molar-refractivity contribution in [2.45, 2.75) is 70.7 Å². The van der Waals surface area contributed by atoms with Gasteiger partial charge < -0.3 is 21.1 Å². The second-order valence-corrected chi connectivity index (χ2v) is 11.6. The fraction of sp³-hybridized carbons (Fsp3) is 0.424. The van der Waals surface area contributed by atoms with E-state index in [-0.39, 0.29) is 49.2 Å². The summed E-state index contributed by atoms with van der Waals surface area (Å²) in [4.78, 5) is 63.4. The maximum Gasteiger partial charge on any atom is 0.330 e. The van der Waals surface area contributed by atoms with Crippen LogP contribution in [0.3, 0.4) is 0 Å². The number of amides is 3. The molecule has 10 heteroatoms. The number of ketones is 1. The summed E-state index contributed by atoms with van der Waals surface area (Å²) in [6.07, 6.45) is 3.44. The van der Waals surface area contributed by atoms with Crippen LogP contribution in [0.2, 0.25) is 0 Å². The van der Waals surface area contributed by atoms with E-state index < -0.39 is 35.8 Å². The minimum atomic E-state index is -0.759. The Kier molecular flexibility index (Phi) is 15.8. The SMILES string of the molecule is CCOC(=O)/C=C/[C@H](CCC(N)=O)NC(=O)[C@@H](CC(=O)[C@H](CC(C)C)NC(=O)SCc1ccccc1)Cc1ccccc1. The maximum atomic E-state index is 13.6. The molecular weight excluding hydrogens is 566 g/mol. The van der Waals surface area contributed by atoms with Crippen LogP contribution in [0.25, 0.3) is 0 Å². The molecule has 0 saturated heterocycles. The number of primary amides is 1. The number of Topliss-reactive ketones (excluding diaryl/α,β-unsaturated/α-hetero) is 1. The minimum absolute atomic E-state index is 0.0104. The Labute approximate surface area is 258 Å². The number of carbonyl (C=O) groups is 5. The fourth-order valence-electron chi connectivity index (χ4n) is 4.39. The number of ether oxygens (including phenoxy) is 1.